The lowest BCUT2D eigenvalue weighted by molar-refractivity contribution is 0.283. The number of rotatable bonds is 2. The summed E-state index contributed by atoms with van der Waals surface area (Å²) < 4.78 is 3.14. The van der Waals surface area contributed by atoms with Crippen molar-refractivity contribution in [1.82, 2.24) is 9.78 Å². The molecule has 1 aromatic heterocycles. The van der Waals surface area contributed by atoms with Gasteiger partial charge in [0.1, 0.15) is 0 Å². The first-order chi connectivity index (χ1) is 7.99. The van der Waals surface area contributed by atoms with Gasteiger partial charge >= 0.3 is 0 Å². The molecule has 3 unspecified atom stereocenters. The van der Waals surface area contributed by atoms with Gasteiger partial charge in [-0.25, -0.2) is 0 Å². The van der Waals surface area contributed by atoms with Crippen LogP contribution in [-0.2, 0) is 13.5 Å². The van der Waals surface area contributed by atoms with Crippen LogP contribution < -0.4 is 0 Å². The van der Waals surface area contributed by atoms with E-state index in [1.165, 1.54) is 18.5 Å². The standard InChI is InChI=1S/C13H20BrClN2/c1-8-4-5-11(15)10(6-8)7-12-13(14)9(2)16-17(12)3/h8,10-11H,4-7H2,1-3H3. The summed E-state index contributed by atoms with van der Waals surface area (Å²) in [5.41, 5.74) is 2.35. The zero-order chi connectivity index (χ0) is 12.6. The van der Waals surface area contributed by atoms with Crippen LogP contribution in [0.25, 0.3) is 0 Å². The molecule has 0 amide bonds. The van der Waals surface area contributed by atoms with Crippen molar-refractivity contribution < 1.29 is 0 Å². The van der Waals surface area contributed by atoms with Crippen molar-refractivity contribution in [2.45, 2.75) is 44.9 Å². The highest BCUT2D eigenvalue weighted by Crippen LogP contribution is 2.36. The highest BCUT2D eigenvalue weighted by atomic mass is 79.9. The van der Waals surface area contributed by atoms with Gasteiger partial charge in [-0.1, -0.05) is 6.92 Å². The second kappa shape index (κ2) is 5.31. The number of aryl methyl sites for hydroxylation is 2. The molecule has 17 heavy (non-hydrogen) atoms. The lowest BCUT2D eigenvalue weighted by Gasteiger charge is -2.31. The average molecular weight is 320 g/mol. The Morgan fingerprint density at radius 3 is 2.76 bits per heavy atom. The van der Waals surface area contributed by atoms with Crippen molar-refractivity contribution in [1.29, 1.82) is 0 Å². The van der Waals surface area contributed by atoms with Gasteiger partial charge in [0.15, 0.2) is 0 Å². The molecule has 0 aromatic carbocycles. The molecule has 1 aliphatic carbocycles. The minimum Gasteiger partial charge on any atom is -0.271 e. The van der Waals surface area contributed by atoms with Crippen LogP contribution in [0.5, 0.6) is 0 Å². The van der Waals surface area contributed by atoms with E-state index in [1.807, 2.05) is 18.7 Å². The van der Waals surface area contributed by atoms with Crippen LogP contribution in [0.1, 0.15) is 37.6 Å². The Balaban J connectivity index is 2.14. The van der Waals surface area contributed by atoms with E-state index in [4.69, 9.17) is 11.6 Å². The molecule has 1 aliphatic rings. The van der Waals surface area contributed by atoms with Crippen molar-refractivity contribution >= 4 is 27.5 Å². The molecule has 2 nitrogen and oxygen atoms in total. The van der Waals surface area contributed by atoms with Crippen LogP contribution in [0, 0.1) is 18.8 Å². The van der Waals surface area contributed by atoms with Crippen LogP contribution >= 0.6 is 27.5 Å². The topological polar surface area (TPSA) is 17.8 Å². The molecule has 0 spiro atoms. The molecule has 96 valence electrons. The van der Waals surface area contributed by atoms with Crippen molar-refractivity contribution in [3.8, 4) is 0 Å². The summed E-state index contributed by atoms with van der Waals surface area (Å²) in [7, 11) is 2.02. The minimum atomic E-state index is 0.327. The van der Waals surface area contributed by atoms with E-state index >= 15 is 0 Å². The zero-order valence-corrected chi connectivity index (χ0v) is 13.1. The Morgan fingerprint density at radius 1 is 1.47 bits per heavy atom. The van der Waals surface area contributed by atoms with E-state index in [1.54, 1.807) is 0 Å². The molecule has 0 bridgehead atoms. The average Bonchev–Trinajstić information content (AvgIpc) is 2.50. The van der Waals surface area contributed by atoms with Gasteiger partial charge in [-0.2, -0.15) is 5.10 Å². The Hall–Kier alpha value is -0.0200. The highest BCUT2D eigenvalue weighted by molar-refractivity contribution is 9.10. The SMILES string of the molecule is Cc1nn(C)c(CC2CC(C)CCC2Cl)c1Br. The third-order valence-corrected chi connectivity index (χ3v) is 5.48. The summed E-state index contributed by atoms with van der Waals surface area (Å²) in [4.78, 5) is 0. The van der Waals surface area contributed by atoms with E-state index in [0.29, 0.717) is 11.3 Å². The number of alkyl halides is 1. The van der Waals surface area contributed by atoms with E-state index in [-0.39, 0.29) is 0 Å². The van der Waals surface area contributed by atoms with Crippen LogP contribution in [0.2, 0.25) is 0 Å². The van der Waals surface area contributed by atoms with Gasteiger partial charge in [-0.15, -0.1) is 11.6 Å². The monoisotopic (exact) mass is 318 g/mol. The second-order valence-corrected chi connectivity index (χ2v) is 6.72. The van der Waals surface area contributed by atoms with Gasteiger partial charge in [0, 0.05) is 12.4 Å². The van der Waals surface area contributed by atoms with Crippen LogP contribution in [-0.4, -0.2) is 15.2 Å². The van der Waals surface area contributed by atoms with E-state index < -0.39 is 0 Å². The summed E-state index contributed by atoms with van der Waals surface area (Å²) in [6.07, 6.45) is 4.71. The Morgan fingerprint density at radius 2 is 2.18 bits per heavy atom. The lowest BCUT2D eigenvalue weighted by atomic mass is 9.80. The quantitative estimate of drug-likeness (QED) is 0.751. The van der Waals surface area contributed by atoms with E-state index in [9.17, 15) is 0 Å². The summed E-state index contributed by atoms with van der Waals surface area (Å²) in [5.74, 6) is 1.40. The summed E-state index contributed by atoms with van der Waals surface area (Å²) in [6.45, 7) is 4.37. The van der Waals surface area contributed by atoms with Gasteiger partial charge in [0.2, 0.25) is 0 Å². The van der Waals surface area contributed by atoms with Gasteiger partial charge in [0.05, 0.1) is 15.9 Å². The highest BCUT2D eigenvalue weighted by Gasteiger charge is 2.28. The fraction of sp³-hybridized carbons (Fsp3) is 0.769. The molecule has 1 saturated carbocycles. The van der Waals surface area contributed by atoms with Gasteiger partial charge < -0.3 is 0 Å². The summed E-state index contributed by atoms with van der Waals surface area (Å²) in [6, 6.07) is 0. The number of halogens is 2. The molecule has 0 N–H and O–H groups in total. The smallest absolute Gasteiger partial charge is 0.0738 e. The lowest BCUT2D eigenvalue weighted by Crippen LogP contribution is -2.26. The number of hydrogen-bond acceptors (Lipinski definition) is 1. The van der Waals surface area contributed by atoms with E-state index in [2.05, 4.69) is 28.0 Å². The molecule has 1 fully saturated rings. The molecular formula is C13H20BrClN2. The fourth-order valence-electron chi connectivity index (χ4n) is 2.82. The van der Waals surface area contributed by atoms with Crippen LogP contribution in [0.4, 0.5) is 0 Å². The third-order valence-electron chi connectivity index (χ3n) is 3.87. The minimum absolute atomic E-state index is 0.327. The van der Waals surface area contributed by atoms with Gasteiger partial charge in [0.25, 0.3) is 0 Å². The molecule has 0 radical (unpaired) electrons. The summed E-state index contributed by atoms with van der Waals surface area (Å²) >= 11 is 10.1. The molecular weight excluding hydrogens is 300 g/mol. The maximum absolute atomic E-state index is 6.46. The first kappa shape index (κ1) is 13.4. The zero-order valence-electron chi connectivity index (χ0n) is 10.7. The maximum Gasteiger partial charge on any atom is 0.0738 e. The number of aromatic nitrogens is 2. The number of nitrogens with zero attached hydrogens (tertiary/aromatic N) is 2. The van der Waals surface area contributed by atoms with Crippen molar-refractivity contribution in [3.05, 3.63) is 15.9 Å². The predicted octanol–water partition coefficient (Wildman–Crippen LogP) is 4.08. The van der Waals surface area contributed by atoms with Gasteiger partial charge in [-0.05, 0) is 60.4 Å². The largest absolute Gasteiger partial charge is 0.271 e. The molecule has 0 saturated heterocycles. The molecule has 0 aliphatic heterocycles. The molecule has 3 atom stereocenters. The van der Waals surface area contributed by atoms with Crippen molar-refractivity contribution in [3.63, 3.8) is 0 Å². The maximum atomic E-state index is 6.46. The Kier molecular flexibility index (Phi) is 4.19. The predicted molar refractivity (Wildman–Crippen MR) is 75.5 cm³/mol. The molecule has 2 rings (SSSR count). The third kappa shape index (κ3) is 2.87. The van der Waals surface area contributed by atoms with Crippen LogP contribution in [0.15, 0.2) is 4.47 Å². The second-order valence-electron chi connectivity index (χ2n) is 5.37. The first-order valence-electron chi connectivity index (χ1n) is 6.31. The Labute approximate surface area is 117 Å². The summed E-state index contributed by atoms with van der Waals surface area (Å²) in [5, 5.41) is 4.77. The fourth-order valence-corrected chi connectivity index (χ4v) is 3.64. The molecule has 1 heterocycles. The normalized spacial score (nSPS) is 29.6. The van der Waals surface area contributed by atoms with Crippen molar-refractivity contribution in [2.24, 2.45) is 18.9 Å². The van der Waals surface area contributed by atoms with Crippen molar-refractivity contribution in [2.75, 3.05) is 0 Å². The molecule has 4 heteroatoms. The molecule has 1 aromatic rings. The first-order valence-corrected chi connectivity index (χ1v) is 7.54. The van der Waals surface area contributed by atoms with Crippen LogP contribution in [0.3, 0.4) is 0 Å². The van der Waals surface area contributed by atoms with Gasteiger partial charge in [-0.3, -0.25) is 4.68 Å². The number of hydrogen-bond donors (Lipinski definition) is 0. The Bertz CT molecular complexity index is 402. The van der Waals surface area contributed by atoms with E-state index in [0.717, 1.165) is 28.9 Å².